The van der Waals surface area contributed by atoms with E-state index in [-0.39, 0.29) is 0 Å². The number of nitrogens with zero attached hydrogens (tertiary/aromatic N) is 1. The molecular formula is C14H13BrN2O2S. The van der Waals surface area contributed by atoms with E-state index >= 15 is 0 Å². The molecule has 0 amide bonds. The number of aromatic nitrogens is 1. The molecule has 0 aliphatic carbocycles. The van der Waals surface area contributed by atoms with Crippen molar-refractivity contribution in [1.82, 2.24) is 9.71 Å². The number of hydrogen-bond acceptors (Lipinski definition) is 2. The molecule has 0 radical (unpaired) electrons. The summed E-state index contributed by atoms with van der Waals surface area (Å²) in [5.74, 6) is 0. The van der Waals surface area contributed by atoms with Crippen LogP contribution in [0.5, 0.6) is 0 Å². The fraction of sp³-hybridized carbons (Fsp3) is 0.0714. The zero-order valence-electron chi connectivity index (χ0n) is 10.7. The smallest absolute Gasteiger partial charge is 0.258 e. The van der Waals surface area contributed by atoms with Crippen molar-refractivity contribution in [2.45, 2.75) is 6.92 Å². The van der Waals surface area contributed by atoms with Crippen molar-refractivity contribution < 1.29 is 8.76 Å². The van der Waals surface area contributed by atoms with Crippen LogP contribution in [0, 0.1) is 6.92 Å². The fourth-order valence-electron chi connectivity index (χ4n) is 1.82. The second-order valence-corrected chi connectivity index (χ2v) is 5.73. The van der Waals surface area contributed by atoms with E-state index in [9.17, 15) is 4.21 Å². The molecule has 1 aromatic carbocycles. The summed E-state index contributed by atoms with van der Waals surface area (Å²) in [6.45, 7) is 1.90. The molecule has 2 N–H and O–H groups in total. The van der Waals surface area contributed by atoms with Crippen LogP contribution in [0.15, 0.2) is 53.3 Å². The van der Waals surface area contributed by atoms with Crippen molar-refractivity contribution in [3.05, 3.63) is 70.1 Å². The number of halogens is 1. The largest absolute Gasteiger partial charge is 0.289 e. The van der Waals surface area contributed by atoms with Crippen molar-refractivity contribution in [3.63, 3.8) is 0 Å². The molecule has 0 aliphatic rings. The molecule has 104 valence electrons. The lowest BCUT2D eigenvalue weighted by Crippen LogP contribution is -2.09. The molecule has 1 heterocycles. The van der Waals surface area contributed by atoms with Gasteiger partial charge in [0.05, 0.1) is 0 Å². The van der Waals surface area contributed by atoms with Crippen LogP contribution in [0.25, 0.3) is 5.57 Å². The summed E-state index contributed by atoms with van der Waals surface area (Å²) < 4.78 is 23.0. The van der Waals surface area contributed by atoms with Crippen molar-refractivity contribution in [2.24, 2.45) is 0 Å². The predicted molar refractivity (Wildman–Crippen MR) is 84.1 cm³/mol. The number of nitrogens with one attached hydrogen (secondary N) is 1. The topological polar surface area (TPSA) is 62.2 Å². The lowest BCUT2D eigenvalue weighted by Gasteiger charge is -2.11. The normalized spacial score (nSPS) is 13.1. The minimum Gasteiger partial charge on any atom is -0.289 e. The second kappa shape index (κ2) is 6.78. The van der Waals surface area contributed by atoms with Crippen molar-refractivity contribution in [3.8, 4) is 0 Å². The quantitative estimate of drug-likeness (QED) is 0.830. The Kier molecular flexibility index (Phi) is 5.05. The fourth-order valence-corrected chi connectivity index (χ4v) is 2.37. The van der Waals surface area contributed by atoms with Crippen LogP contribution in [0.4, 0.5) is 0 Å². The van der Waals surface area contributed by atoms with Crippen LogP contribution in [0.3, 0.4) is 0 Å². The molecule has 1 atom stereocenters. The zero-order valence-corrected chi connectivity index (χ0v) is 13.1. The Bertz CT molecular complexity index is 659. The standard InChI is InChI=1S/C14H13BrN2O2S/c1-10-13(7-12(15)8-16-10)14(9-17-20(18)19)11-5-3-2-4-6-11/h2-9,17H,1H3,(H,18,19)/b14-9+. The molecular weight excluding hydrogens is 340 g/mol. The molecule has 0 bridgehead atoms. The number of rotatable bonds is 4. The average molecular weight is 353 g/mol. The van der Waals surface area contributed by atoms with Crippen molar-refractivity contribution in [1.29, 1.82) is 0 Å². The van der Waals surface area contributed by atoms with Gasteiger partial charge in [0.25, 0.3) is 11.3 Å². The Morgan fingerprint density at radius 3 is 2.75 bits per heavy atom. The third-order valence-corrected chi connectivity index (χ3v) is 3.49. The summed E-state index contributed by atoms with van der Waals surface area (Å²) in [6.07, 6.45) is 3.25. The molecule has 1 unspecified atom stereocenters. The van der Waals surface area contributed by atoms with E-state index in [0.29, 0.717) is 0 Å². The average Bonchev–Trinajstić information content (AvgIpc) is 2.43. The molecule has 6 heteroatoms. The van der Waals surface area contributed by atoms with Crippen LogP contribution in [-0.2, 0) is 11.3 Å². The molecule has 0 saturated heterocycles. The molecule has 0 aliphatic heterocycles. The highest BCUT2D eigenvalue weighted by Crippen LogP contribution is 2.26. The highest BCUT2D eigenvalue weighted by atomic mass is 79.9. The summed E-state index contributed by atoms with van der Waals surface area (Å²) in [5, 5.41) is 0. The first-order chi connectivity index (χ1) is 9.58. The summed E-state index contributed by atoms with van der Waals surface area (Å²) in [5.41, 5.74) is 3.48. The number of benzene rings is 1. The number of aryl methyl sites for hydroxylation is 1. The van der Waals surface area contributed by atoms with Gasteiger partial charge in [-0.25, -0.2) is 4.21 Å². The molecule has 4 nitrogen and oxygen atoms in total. The number of hydrogen-bond donors (Lipinski definition) is 2. The first-order valence-electron chi connectivity index (χ1n) is 5.83. The van der Waals surface area contributed by atoms with Crippen LogP contribution in [-0.4, -0.2) is 13.7 Å². The first kappa shape index (κ1) is 14.9. The van der Waals surface area contributed by atoms with Gasteiger partial charge in [0.1, 0.15) is 0 Å². The van der Waals surface area contributed by atoms with Gasteiger partial charge < -0.3 is 0 Å². The van der Waals surface area contributed by atoms with Gasteiger partial charge in [0, 0.05) is 33.7 Å². The predicted octanol–water partition coefficient (Wildman–Crippen LogP) is 3.27. The maximum atomic E-state index is 10.8. The van der Waals surface area contributed by atoms with Crippen LogP contribution in [0.2, 0.25) is 0 Å². The summed E-state index contributed by atoms with van der Waals surface area (Å²) in [4.78, 5) is 4.30. The van der Waals surface area contributed by atoms with E-state index < -0.39 is 11.3 Å². The van der Waals surface area contributed by atoms with E-state index in [1.807, 2.05) is 43.3 Å². The third kappa shape index (κ3) is 3.75. The minimum absolute atomic E-state index is 0.805. The molecule has 2 rings (SSSR count). The van der Waals surface area contributed by atoms with Gasteiger partial charge in [-0.3, -0.25) is 14.3 Å². The lowest BCUT2D eigenvalue weighted by molar-refractivity contribution is 0.558. The number of pyridine rings is 1. The molecule has 0 saturated carbocycles. The summed E-state index contributed by atoms with van der Waals surface area (Å²) in [6, 6.07) is 11.6. The van der Waals surface area contributed by atoms with Gasteiger partial charge in [-0.05, 0) is 34.5 Å². The van der Waals surface area contributed by atoms with Crippen LogP contribution < -0.4 is 4.72 Å². The molecule has 1 aromatic heterocycles. The summed E-state index contributed by atoms with van der Waals surface area (Å²) >= 11 is 1.29. The van der Waals surface area contributed by atoms with E-state index in [0.717, 1.165) is 26.9 Å². The van der Waals surface area contributed by atoms with Gasteiger partial charge in [0.2, 0.25) is 0 Å². The highest BCUT2D eigenvalue weighted by Gasteiger charge is 2.10. The van der Waals surface area contributed by atoms with Gasteiger partial charge >= 0.3 is 0 Å². The first-order valence-corrected chi connectivity index (χ1v) is 7.73. The Morgan fingerprint density at radius 1 is 1.40 bits per heavy atom. The molecule has 0 spiro atoms. The SMILES string of the molecule is Cc1ncc(Br)cc1/C(=C/NS(=O)O)c1ccccc1. The van der Waals surface area contributed by atoms with Crippen LogP contribution >= 0.6 is 15.9 Å². The minimum atomic E-state index is -2.10. The Labute approximate surface area is 128 Å². The Hall–Kier alpha value is -1.50. The van der Waals surface area contributed by atoms with E-state index in [4.69, 9.17) is 4.55 Å². The Balaban J connectivity index is 2.55. The maximum Gasteiger partial charge on any atom is 0.258 e. The van der Waals surface area contributed by atoms with Crippen LogP contribution in [0.1, 0.15) is 16.8 Å². The van der Waals surface area contributed by atoms with Gasteiger partial charge in [-0.15, -0.1) is 0 Å². The maximum absolute atomic E-state index is 10.8. The lowest BCUT2D eigenvalue weighted by atomic mass is 9.98. The van der Waals surface area contributed by atoms with E-state index in [1.54, 1.807) is 6.20 Å². The van der Waals surface area contributed by atoms with Gasteiger partial charge in [-0.2, -0.15) is 0 Å². The Morgan fingerprint density at radius 2 is 2.10 bits per heavy atom. The summed E-state index contributed by atoms with van der Waals surface area (Å²) in [7, 11) is 0. The molecule has 2 aromatic rings. The monoisotopic (exact) mass is 352 g/mol. The van der Waals surface area contributed by atoms with E-state index in [2.05, 4.69) is 25.6 Å². The molecule has 0 fully saturated rings. The van der Waals surface area contributed by atoms with Crippen molar-refractivity contribution >= 4 is 32.8 Å². The van der Waals surface area contributed by atoms with Gasteiger partial charge in [0.15, 0.2) is 0 Å². The second-order valence-electron chi connectivity index (χ2n) is 4.08. The van der Waals surface area contributed by atoms with Crippen molar-refractivity contribution in [2.75, 3.05) is 0 Å². The zero-order chi connectivity index (χ0) is 14.5. The van der Waals surface area contributed by atoms with E-state index in [1.165, 1.54) is 6.20 Å². The highest BCUT2D eigenvalue weighted by molar-refractivity contribution is 9.10. The van der Waals surface area contributed by atoms with Gasteiger partial charge in [-0.1, -0.05) is 30.3 Å². The third-order valence-electron chi connectivity index (χ3n) is 2.73. The molecule has 20 heavy (non-hydrogen) atoms.